The molecule has 0 aliphatic rings. The maximum atomic E-state index is 12.7. The summed E-state index contributed by atoms with van der Waals surface area (Å²) in [5.74, 6) is 1.45. The molecule has 0 bridgehead atoms. The first kappa shape index (κ1) is 17.5. The number of hydrogen-bond donors (Lipinski definition) is 0. The molecular formula is C19H19N3O4. The number of nitrogens with zero attached hydrogens (tertiary/aromatic N) is 3. The standard InChI is InChI=1S/C19H19N3O4/c1-25-16-7-3-14(4-8-16)12-21-18(23)11-20-22(19(21)24)13-15-5-9-17(26-2)10-6-15/h3-11H,12-13H2,1-2H3. The van der Waals surface area contributed by atoms with Crippen molar-refractivity contribution in [2.24, 2.45) is 0 Å². The quantitative estimate of drug-likeness (QED) is 0.672. The molecule has 7 heteroatoms. The molecule has 0 aliphatic heterocycles. The number of hydrogen-bond acceptors (Lipinski definition) is 5. The number of rotatable bonds is 6. The molecule has 0 saturated carbocycles. The third-order valence-electron chi connectivity index (χ3n) is 4.02. The van der Waals surface area contributed by atoms with Crippen molar-refractivity contribution in [2.75, 3.05) is 14.2 Å². The summed E-state index contributed by atoms with van der Waals surface area (Å²) in [6, 6.07) is 14.5. The van der Waals surface area contributed by atoms with E-state index in [1.54, 1.807) is 26.4 Å². The number of ether oxygens (including phenoxy) is 2. The highest BCUT2D eigenvalue weighted by molar-refractivity contribution is 5.28. The largest absolute Gasteiger partial charge is 0.497 e. The van der Waals surface area contributed by atoms with Crippen molar-refractivity contribution in [1.29, 1.82) is 0 Å². The molecule has 0 atom stereocenters. The topological polar surface area (TPSA) is 75.3 Å². The molecule has 3 rings (SSSR count). The van der Waals surface area contributed by atoms with Crippen LogP contribution in [0.3, 0.4) is 0 Å². The third-order valence-corrected chi connectivity index (χ3v) is 4.02. The van der Waals surface area contributed by atoms with Crippen LogP contribution in [0.25, 0.3) is 0 Å². The van der Waals surface area contributed by atoms with Crippen molar-refractivity contribution in [3.63, 3.8) is 0 Å². The van der Waals surface area contributed by atoms with Crippen LogP contribution in [0.15, 0.2) is 64.3 Å². The second kappa shape index (κ2) is 7.69. The fourth-order valence-electron chi connectivity index (χ4n) is 2.54. The first-order valence-corrected chi connectivity index (χ1v) is 8.03. The monoisotopic (exact) mass is 353 g/mol. The Morgan fingerprint density at radius 1 is 0.808 bits per heavy atom. The van der Waals surface area contributed by atoms with Gasteiger partial charge < -0.3 is 9.47 Å². The normalized spacial score (nSPS) is 10.5. The van der Waals surface area contributed by atoms with Gasteiger partial charge in [-0.25, -0.2) is 9.48 Å². The number of methoxy groups -OCH3 is 2. The summed E-state index contributed by atoms with van der Waals surface area (Å²) < 4.78 is 12.7. The Bertz CT molecular complexity index is 989. The van der Waals surface area contributed by atoms with Gasteiger partial charge in [0, 0.05) is 0 Å². The third kappa shape index (κ3) is 3.83. The Balaban J connectivity index is 1.87. The lowest BCUT2D eigenvalue weighted by molar-refractivity contribution is 0.414. The molecule has 0 aliphatic carbocycles. The zero-order valence-electron chi connectivity index (χ0n) is 14.6. The van der Waals surface area contributed by atoms with Crippen molar-refractivity contribution in [3.8, 4) is 11.5 Å². The predicted molar refractivity (Wildman–Crippen MR) is 96.9 cm³/mol. The molecule has 26 heavy (non-hydrogen) atoms. The van der Waals surface area contributed by atoms with Crippen molar-refractivity contribution >= 4 is 0 Å². The summed E-state index contributed by atoms with van der Waals surface area (Å²) in [7, 11) is 3.18. The summed E-state index contributed by atoms with van der Waals surface area (Å²) >= 11 is 0. The predicted octanol–water partition coefficient (Wildman–Crippen LogP) is 1.52. The second-order valence-corrected chi connectivity index (χ2v) is 5.71. The molecule has 1 heterocycles. The van der Waals surface area contributed by atoms with Gasteiger partial charge in [0.1, 0.15) is 17.7 Å². The minimum Gasteiger partial charge on any atom is -0.497 e. The van der Waals surface area contributed by atoms with Gasteiger partial charge in [0.25, 0.3) is 5.56 Å². The molecule has 3 aromatic rings. The van der Waals surface area contributed by atoms with Crippen LogP contribution in [0.2, 0.25) is 0 Å². The summed E-state index contributed by atoms with van der Waals surface area (Å²) in [6.45, 7) is 0.443. The lowest BCUT2D eigenvalue weighted by atomic mass is 10.2. The van der Waals surface area contributed by atoms with Crippen LogP contribution in [-0.4, -0.2) is 28.6 Å². The number of aromatic nitrogens is 3. The molecule has 0 saturated heterocycles. The summed E-state index contributed by atoms with van der Waals surface area (Å²) in [6.07, 6.45) is 1.16. The van der Waals surface area contributed by atoms with Gasteiger partial charge in [-0.2, -0.15) is 5.10 Å². The van der Waals surface area contributed by atoms with Crippen LogP contribution in [0, 0.1) is 0 Å². The van der Waals surface area contributed by atoms with Crippen LogP contribution in [0.4, 0.5) is 0 Å². The average molecular weight is 353 g/mol. The molecule has 0 fully saturated rings. The first-order chi connectivity index (χ1) is 12.6. The highest BCUT2D eigenvalue weighted by Crippen LogP contribution is 2.12. The van der Waals surface area contributed by atoms with Gasteiger partial charge in [0.05, 0.1) is 27.3 Å². The van der Waals surface area contributed by atoms with E-state index in [1.807, 2.05) is 36.4 Å². The molecule has 0 radical (unpaired) electrons. The van der Waals surface area contributed by atoms with Crippen molar-refractivity contribution in [2.45, 2.75) is 13.1 Å². The van der Waals surface area contributed by atoms with Crippen LogP contribution < -0.4 is 20.7 Å². The van der Waals surface area contributed by atoms with Crippen LogP contribution in [0.5, 0.6) is 11.5 Å². The summed E-state index contributed by atoms with van der Waals surface area (Å²) in [5.41, 5.74) is 0.822. The van der Waals surface area contributed by atoms with Gasteiger partial charge in [-0.15, -0.1) is 0 Å². The Kier molecular flexibility index (Phi) is 5.17. The van der Waals surface area contributed by atoms with E-state index in [0.717, 1.165) is 23.1 Å². The van der Waals surface area contributed by atoms with E-state index in [2.05, 4.69) is 5.10 Å². The second-order valence-electron chi connectivity index (χ2n) is 5.71. The molecular weight excluding hydrogens is 334 g/mol. The van der Waals surface area contributed by atoms with E-state index >= 15 is 0 Å². The minimum atomic E-state index is -0.455. The van der Waals surface area contributed by atoms with E-state index < -0.39 is 11.2 Å². The van der Waals surface area contributed by atoms with Gasteiger partial charge >= 0.3 is 5.69 Å². The Morgan fingerprint density at radius 2 is 1.31 bits per heavy atom. The molecule has 0 unspecified atom stereocenters. The first-order valence-electron chi connectivity index (χ1n) is 8.03. The maximum absolute atomic E-state index is 12.7. The van der Waals surface area contributed by atoms with Crippen molar-refractivity contribution < 1.29 is 9.47 Å². The van der Waals surface area contributed by atoms with E-state index in [0.29, 0.717) is 5.75 Å². The van der Waals surface area contributed by atoms with Crippen LogP contribution >= 0.6 is 0 Å². The molecule has 7 nitrogen and oxygen atoms in total. The van der Waals surface area contributed by atoms with E-state index in [-0.39, 0.29) is 13.1 Å². The zero-order chi connectivity index (χ0) is 18.5. The van der Waals surface area contributed by atoms with Gasteiger partial charge in [-0.3, -0.25) is 9.36 Å². The SMILES string of the molecule is COc1ccc(Cn2ncc(=O)n(Cc3ccc(OC)cc3)c2=O)cc1. The minimum absolute atomic E-state index is 0.173. The summed E-state index contributed by atoms with van der Waals surface area (Å²) in [5, 5.41) is 3.96. The Morgan fingerprint density at radius 3 is 1.81 bits per heavy atom. The molecule has 1 aromatic heterocycles. The fourth-order valence-corrected chi connectivity index (χ4v) is 2.54. The van der Waals surface area contributed by atoms with E-state index in [1.165, 1.54) is 9.25 Å². The molecule has 2 aromatic carbocycles. The van der Waals surface area contributed by atoms with Gasteiger partial charge in [-0.1, -0.05) is 24.3 Å². The highest BCUT2D eigenvalue weighted by Gasteiger charge is 2.08. The Hall–Kier alpha value is -3.35. The number of benzene rings is 2. The lowest BCUT2D eigenvalue weighted by Crippen LogP contribution is -2.41. The summed E-state index contributed by atoms with van der Waals surface area (Å²) in [4.78, 5) is 24.8. The highest BCUT2D eigenvalue weighted by atomic mass is 16.5. The van der Waals surface area contributed by atoms with Gasteiger partial charge in [0.15, 0.2) is 0 Å². The fraction of sp³-hybridized carbons (Fsp3) is 0.211. The van der Waals surface area contributed by atoms with Crippen molar-refractivity contribution in [1.82, 2.24) is 14.3 Å². The zero-order valence-corrected chi connectivity index (χ0v) is 14.6. The van der Waals surface area contributed by atoms with E-state index in [9.17, 15) is 9.59 Å². The maximum Gasteiger partial charge on any atom is 0.348 e. The Labute approximate surface area is 150 Å². The van der Waals surface area contributed by atoms with Gasteiger partial charge in [0.2, 0.25) is 0 Å². The van der Waals surface area contributed by atoms with Gasteiger partial charge in [-0.05, 0) is 35.4 Å². The van der Waals surface area contributed by atoms with Crippen molar-refractivity contribution in [3.05, 3.63) is 86.7 Å². The molecule has 0 amide bonds. The van der Waals surface area contributed by atoms with Crippen LogP contribution in [-0.2, 0) is 13.1 Å². The molecule has 134 valence electrons. The van der Waals surface area contributed by atoms with E-state index in [4.69, 9.17) is 9.47 Å². The van der Waals surface area contributed by atoms with Crippen LogP contribution in [0.1, 0.15) is 11.1 Å². The lowest BCUT2D eigenvalue weighted by Gasteiger charge is -2.10. The smallest absolute Gasteiger partial charge is 0.348 e. The molecule has 0 N–H and O–H groups in total. The average Bonchev–Trinajstić information content (AvgIpc) is 2.68. The molecule has 0 spiro atoms.